The molecule has 0 unspecified atom stereocenters. The average Bonchev–Trinajstić information content (AvgIpc) is 3.29. The maximum absolute atomic E-state index is 12.8. The summed E-state index contributed by atoms with van der Waals surface area (Å²) < 4.78 is 16.8. The van der Waals surface area contributed by atoms with Gasteiger partial charge in [-0.25, -0.2) is 0 Å². The molecule has 0 aliphatic carbocycles. The summed E-state index contributed by atoms with van der Waals surface area (Å²) >= 11 is 0. The van der Waals surface area contributed by atoms with Crippen LogP contribution in [0.4, 0.5) is 0 Å². The lowest BCUT2D eigenvalue weighted by molar-refractivity contribution is -0.167. The highest BCUT2D eigenvalue weighted by atomic mass is 16.6. The maximum Gasteiger partial charge on any atom is 0.306 e. The molecule has 0 aromatic heterocycles. The first-order chi connectivity index (χ1) is 31.5. The van der Waals surface area contributed by atoms with Crippen LogP contribution < -0.4 is 0 Å². The molecule has 0 amide bonds. The normalized spacial score (nSPS) is 12.4. The zero-order valence-electron chi connectivity index (χ0n) is 42.6. The zero-order chi connectivity index (χ0) is 46.5. The van der Waals surface area contributed by atoms with Crippen molar-refractivity contribution in [3.8, 4) is 0 Å². The third-order valence-corrected chi connectivity index (χ3v) is 12.1. The number of carbonyl (C=O) groups excluding carboxylic acids is 3. The van der Waals surface area contributed by atoms with Gasteiger partial charge in [-0.05, 0) is 64.2 Å². The van der Waals surface area contributed by atoms with Crippen LogP contribution in [0.25, 0.3) is 0 Å². The van der Waals surface area contributed by atoms with Crippen molar-refractivity contribution in [1.82, 2.24) is 0 Å². The predicted molar refractivity (Wildman–Crippen MR) is 275 cm³/mol. The lowest BCUT2D eigenvalue weighted by Crippen LogP contribution is -2.30. The summed E-state index contributed by atoms with van der Waals surface area (Å²) in [6, 6.07) is 0. The quantitative estimate of drug-likeness (QED) is 0.0262. The van der Waals surface area contributed by atoms with Gasteiger partial charge in [0, 0.05) is 19.3 Å². The Labute approximate surface area is 397 Å². The van der Waals surface area contributed by atoms with Crippen LogP contribution in [0.1, 0.15) is 284 Å². The van der Waals surface area contributed by atoms with Crippen LogP contribution in [0.15, 0.2) is 48.6 Å². The summed E-state index contributed by atoms with van der Waals surface area (Å²) in [5.41, 5.74) is 0. The predicted octanol–water partition coefficient (Wildman–Crippen LogP) is 18.3. The van der Waals surface area contributed by atoms with Crippen LogP contribution in [0.3, 0.4) is 0 Å². The van der Waals surface area contributed by atoms with Gasteiger partial charge in [0.1, 0.15) is 13.2 Å². The van der Waals surface area contributed by atoms with E-state index < -0.39 is 6.10 Å². The Morgan fingerprint density at radius 3 is 0.906 bits per heavy atom. The third kappa shape index (κ3) is 50.4. The van der Waals surface area contributed by atoms with Gasteiger partial charge in [0.05, 0.1) is 0 Å². The van der Waals surface area contributed by atoms with E-state index in [4.69, 9.17) is 14.2 Å². The van der Waals surface area contributed by atoms with Gasteiger partial charge in [-0.1, -0.05) is 249 Å². The first-order valence-electron chi connectivity index (χ1n) is 27.6. The molecule has 0 fully saturated rings. The van der Waals surface area contributed by atoms with Gasteiger partial charge in [-0.3, -0.25) is 14.4 Å². The fourth-order valence-corrected chi connectivity index (χ4v) is 7.90. The number of hydrogen-bond acceptors (Lipinski definition) is 6. The van der Waals surface area contributed by atoms with Crippen molar-refractivity contribution in [2.75, 3.05) is 13.2 Å². The summed E-state index contributed by atoms with van der Waals surface area (Å²) in [5, 5.41) is 0. The van der Waals surface area contributed by atoms with E-state index in [9.17, 15) is 14.4 Å². The number of esters is 3. The smallest absolute Gasteiger partial charge is 0.306 e. The molecular weight excluding hydrogens is 793 g/mol. The van der Waals surface area contributed by atoms with Crippen LogP contribution in [0.2, 0.25) is 0 Å². The topological polar surface area (TPSA) is 78.9 Å². The Bertz CT molecular complexity index is 1120. The number of ether oxygens (including phenoxy) is 3. The van der Waals surface area contributed by atoms with Crippen molar-refractivity contribution >= 4 is 17.9 Å². The van der Waals surface area contributed by atoms with E-state index in [0.29, 0.717) is 19.3 Å². The highest BCUT2D eigenvalue weighted by molar-refractivity contribution is 5.71. The summed E-state index contributed by atoms with van der Waals surface area (Å²) in [6.45, 7) is 6.61. The van der Waals surface area contributed by atoms with Gasteiger partial charge in [-0.15, -0.1) is 0 Å². The molecule has 0 aliphatic heterocycles. The Hall–Kier alpha value is -2.63. The summed E-state index contributed by atoms with van der Waals surface area (Å²) in [6.07, 6.45) is 63.8. The second-order valence-electron chi connectivity index (χ2n) is 18.5. The zero-order valence-corrected chi connectivity index (χ0v) is 42.6. The van der Waals surface area contributed by atoms with Crippen LogP contribution in [0.5, 0.6) is 0 Å². The highest BCUT2D eigenvalue weighted by Gasteiger charge is 2.19. The van der Waals surface area contributed by atoms with E-state index in [1.165, 1.54) is 161 Å². The van der Waals surface area contributed by atoms with E-state index in [1.54, 1.807) is 0 Å². The Kier molecular flexibility index (Phi) is 50.8. The van der Waals surface area contributed by atoms with Crippen molar-refractivity contribution in [3.05, 3.63) is 48.6 Å². The first-order valence-corrected chi connectivity index (χ1v) is 27.6. The standard InChI is InChI=1S/C58H104O6/c1-4-7-10-13-16-19-22-25-27-28-29-30-32-34-37-39-42-45-48-51-57(60)63-54-55(64-58(61)52-49-46-43-40-35-24-21-18-15-12-9-6-3)53-62-56(59)50-47-44-41-38-36-33-31-26-23-20-17-14-11-8-5-2/h16,19,25,27,29-30,34,37,55H,4-15,17-18,20-24,26,28,31-33,35-36,38-54H2,1-3H3/b19-16-,27-25-,30-29-,37-34-/t55-/m0/s1. The van der Waals surface area contributed by atoms with Crippen LogP contribution >= 0.6 is 0 Å². The monoisotopic (exact) mass is 897 g/mol. The Morgan fingerprint density at radius 2 is 0.562 bits per heavy atom. The molecule has 6 nitrogen and oxygen atoms in total. The highest BCUT2D eigenvalue weighted by Crippen LogP contribution is 2.16. The lowest BCUT2D eigenvalue weighted by Gasteiger charge is -2.18. The summed E-state index contributed by atoms with van der Waals surface area (Å²) in [7, 11) is 0. The van der Waals surface area contributed by atoms with E-state index in [1.807, 2.05) is 0 Å². The molecule has 0 rings (SSSR count). The van der Waals surface area contributed by atoms with E-state index >= 15 is 0 Å². The second kappa shape index (κ2) is 53.0. The summed E-state index contributed by atoms with van der Waals surface area (Å²) in [5.74, 6) is -0.899. The molecule has 64 heavy (non-hydrogen) atoms. The second-order valence-corrected chi connectivity index (χ2v) is 18.5. The molecule has 0 bridgehead atoms. The minimum Gasteiger partial charge on any atom is -0.462 e. The molecule has 0 spiro atoms. The van der Waals surface area contributed by atoms with Crippen LogP contribution in [-0.4, -0.2) is 37.2 Å². The fourth-order valence-electron chi connectivity index (χ4n) is 7.90. The van der Waals surface area contributed by atoms with Gasteiger partial charge in [-0.2, -0.15) is 0 Å². The molecule has 0 saturated carbocycles. The van der Waals surface area contributed by atoms with Gasteiger partial charge in [0.15, 0.2) is 6.10 Å². The third-order valence-electron chi connectivity index (χ3n) is 12.1. The number of carbonyl (C=O) groups is 3. The van der Waals surface area contributed by atoms with Crippen LogP contribution in [0, 0.1) is 0 Å². The lowest BCUT2D eigenvalue weighted by atomic mass is 10.0. The van der Waals surface area contributed by atoms with Crippen molar-refractivity contribution in [2.45, 2.75) is 290 Å². The molecule has 0 heterocycles. The van der Waals surface area contributed by atoms with Crippen molar-refractivity contribution < 1.29 is 28.6 Å². The number of hydrogen-bond donors (Lipinski definition) is 0. The van der Waals surface area contributed by atoms with E-state index in [-0.39, 0.29) is 31.1 Å². The molecular formula is C58H104O6. The fraction of sp³-hybridized carbons (Fsp3) is 0.810. The Balaban J connectivity index is 4.38. The van der Waals surface area contributed by atoms with Crippen molar-refractivity contribution in [2.24, 2.45) is 0 Å². The molecule has 0 aromatic carbocycles. The number of rotatable bonds is 50. The first kappa shape index (κ1) is 61.4. The average molecular weight is 897 g/mol. The van der Waals surface area contributed by atoms with Crippen LogP contribution in [-0.2, 0) is 28.6 Å². The molecule has 0 N–H and O–H groups in total. The van der Waals surface area contributed by atoms with Gasteiger partial charge >= 0.3 is 17.9 Å². The van der Waals surface area contributed by atoms with E-state index in [2.05, 4.69) is 69.4 Å². The van der Waals surface area contributed by atoms with Gasteiger partial charge in [0.25, 0.3) is 0 Å². The maximum atomic E-state index is 12.8. The largest absolute Gasteiger partial charge is 0.462 e. The molecule has 1 atom stereocenters. The minimum absolute atomic E-state index is 0.0793. The molecule has 372 valence electrons. The van der Waals surface area contributed by atoms with Crippen molar-refractivity contribution in [1.29, 1.82) is 0 Å². The van der Waals surface area contributed by atoms with Gasteiger partial charge in [0.2, 0.25) is 0 Å². The Morgan fingerprint density at radius 1 is 0.312 bits per heavy atom. The van der Waals surface area contributed by atoms with E-state index in [0.717, 1.165) is 83.5 Å². The molecule has 0 aromatic rings. The molecule has 0 aliphatic rings. The summed E-state index contributed by atoms with van der Waals surface area (Å²) in [4.78, 5) is 38.0. The minimum atomic E-state index is -0.781. The number of allylic oxidation sites excluding steroid dienone is 8. The molecule has 6 heteroatoms. The van der Waals surface area contributed by atoms with Gasteiger partial charge < -0.3 is 14.2 Å². The molecule has 0 radical (unpaired) electrons. The molecule has 0 saturated heterocycles. The number of unbranched alkanes of at least 4 members (excludes halogenated alkanes) is 31. The van der Waals surface area contributed by atoms with Crippen molar-refractivity contribution in [3.63, 3.8) is 0 Å². The SMILES string of the molecule is CCCCC/C=C\C/C=C\C/C=C\C/C=C\CCCCCC(=O)OC[C@H](COC(=O)CCCCCCCCCCCCCCCCC)OC(=O)CCCCCCCCCCCCCC.